The van der Waals surface area contributed by atoms with Crippen molar-refractivity contribution >= 4 is 11.9 Å². The summed E-state index contributed by atoms with van der Waals surface area (Å²) >= 11 is 0. The van der Waals surface area contributed by atoms with Gasteiger partial charge in [-0.05, 0) is 17.7 Å². The van der Waals surface area contributed by atoms with Gasteiger partial charge in [0, 0.05) is 0 Å². The van der Waals surface area contributed by atoms with E-state index in [1.165, 1.54) is 28.4 Å². The van der Waals surface area contributed by atoms with E-state index in [9.17, 15) is 9.59 Å². The smallest absolute Gasteiger partial charge is 0.312 e. The van der Waals surface area contributed by atoms with Gasteiger partial charge in [-0.3, -0.25) is 9.59 Å². The molecule has 0 aromatic heterocycles. The molecule has 1 fully saturated rings. The molecule has 1 aromatic carbocycles. The molecule has 0 aliphatic carbocycles. The quantitative estimate of drug-likeness (QED) is 0.756. The molecule has 3 atom stereocenters. The first-order valence-corrected chi connectivity index (χ1v) is 7.06. The molecule has 0 bridgehead atoms. The van der Waals surface area contributed by atoms with Crippen LogP contribution in [0.15, 0.2) is 18.2 Å². The van der Waals surface area contributed by atoms with Gasteiger partial charge in [-0.15, -0.1) is 0 Å². The van der Waals surface area contributed by atoms with Gasteiger partial charge in [-0.1, -0.05) is 6.07 Å². The van der Waals surface area contributed by atoms with Crippen molar-refractivity contribution in [3.8, 4) is 11.5 Å². The Hall–Kier alpha value is -2.28. The van der Waals surface area contributed by atoms with E-state index < -0.39 is 29.9 Å². The van der Waals surface area contributed by atoms with Gasteiger partial charge >= 0.3 is 11.9 Å². The van der Waals surface area contributed by atoms with Crippen molar-refractivity contribution in [3.05, 3.63) is 23.8 Å². The number of hydrogen-bond acceptors (Lipinski definition) is 7. The Bertz CT molecular complexity index is 584. The molecular weight excluding hydrogens is 304 g/mol. The average Bonchev–Trinajstić information content (AvgIpc) is 3.04. The summed E-state index contributed by atoms with van der Waals surface area (Å²) in [6.45, 7) is 0.0887. The zero-order chi connectivity index (χ0) is 17.0. The zero-order valence-corrected chi connectivity index (χ0v) is 13.5. The molecule has 7 nitrogen and oxygen atoms in total. The van der Waals surface area contributed by atoms with Gasteiger partial charge in [0.15, 0.2) is 11.5 Å². The summed E-state index contributed by atoms with van der Waals surface area (Å²) in [5.74, 6) is -1.41. The topological polar surface area (TPSA) is 80.3 Å². The summed E-state index contributed by atoms with van der Waals surface area (Å²) in [6, 6.07) is 5.21. The van der Waals surface area contributed by atoms with Gasteiger partial charge in [0.25, 0.3) is 0 Å². The van der Waals surface area contributed by atoms with Crippen LogP contribution in [0.2, 0.25) is 0 Å². The standard InChI is InChI=1S/C16H20O7/c1-19-11-6-5-9(7-12(11)20-2)14-13(16(18)22-4)10(8-23-14)15(17)21-3/h5-7,10,13-14H,8H2,1-4H3/t10-,13+,14+/m0/s1. The minimum atomic E-state index is -0.773. The van der Waals surface area contributed by atoms with Crippen molar-refractivity contribution in [1.29, 1.82) is 0 Å². The molecule has 7 heteroatoms. The van der Waals surface area contributed by atoms with Crippen molar-refractivity contribution in [2.45, 2.75) is 6.10 Å². The fourth-order valence-corrected chi connectivity index (χ4v) is 2.75. The zero-order valence-electron chi connectivity index (χ0n) is 13.5. The molecule has 0 saturated carbocycles. The molecule has 1 heterocycles. The molecule has 0 amide bonds. The third-order valence-electron chi connectivity index (χ3n) is 3.93. The Labute approximate surface area is 134 Å². The lowest BCUT2D eigenvalue weighted by Gasteiger charge is -2.20. The highest BCUT2D eigenvalue weighted by Crippen LogP contribution is 2.42. The Morgan fingerprint density at radius 2 is 1.65 bits per heavy atom. The molecule has 1 aliphatic heterocycles. The Morgan fingerprint density at radius 1 is 1.00 bits per heavy atom. The second kappa shape index (κ2) is 7.32. The number of benzene rings is 1. The van der Waals surface area contributed by atoms with Gasteiger partial charge < -0.3 is 23.7 Å². The highest BCUT2D eigenvalue weighted by atomic mass is 16.5. The van der Waals surface area contributed by atoms with Crippen LogP contribution in [0.5, 0.6) is 11.5 Å². The number of hydrogen-bond donors (Lipinski definition) is 0. The lowest BCUT2D eigenvalue weighted by molar-refractivity contribution is -0.156. The van der Waals surface area contributed by atoms with Crippen LogP contribution >= 0.6 is 0 Å². The first-order chi connectivity index (χ1) is 11.1. The van der Waals surface area contributed by atoms with E-state index in [1.54, 1.807) is 18.2 Å². The maximum Gasteiger partial charge on any atom is 0.312 e. The fraction of sp³-hybridized carbons (Fsp3) is 0.500. The second-order valence-electron chi connectivity index (χ2n) is 5.05. The molecular formula is C16H20O7. The van der Waals surface area contributed by atoms with Crippen LogP contribution in [-0.2, 0) is 23.8 Å². The van der Waals surface area contributed by atoms with Gasteiger partial charge in [-0.25, -0.2) is 0 Å². The molecule has 1 aliphatic rings. The second-order valence-corrected chi connectivity index (χ2v) is 5.05. The van der Waals surface area contributed by atoms with Gasteiger partial charge in [0.05, 0.1) is 47.1 Å². The van der Waals surface area contributed by atoms with E-state index in [4.69, 9.17) is 23.7 Å². The van der Waals surface area contributed by atoms with Crippen molar-refractivity contribution in [3.63, 3.8) is 0 Å². The number of rotatable bonds is 5. The Kier molecular flexibility index (Phi) is 5.44. The summed E-state index contributed by atoms with van der Waals surface area (Å²) in [5, 5.41) is 0. The molecule has 0 N–H and O–H groups in total. The Morgan fingerprint density at radius 3 is 2.22 bits per heavy atom. The lowest BCUT2D eigenvalue weighted by atomic mass is 9.87. The van der Waals surface area contributed by atoms with Crippen LogP contribution in [0.3, 0.4) is 0 Å². The molecule has 2 rings (SSSR count). The monoisotopic (exact) mass is 324 g/mol. The SMILES string of the molecule is COC(=O)[C@@H]1[C@@H](C(=O)OC)CO[C@@H]1c1ccc(OC)c(OC)c1. The van der Waals surface area contributed by atoms with Crippen molar-refractivity contribution in [2.75, 3.05) is 35.0 Å². The van der Waals surface area contributed by atoms with Gasteiger partial charge in [0.2, 0.25) is 0 Å². The minimum absolute atomic E-state index is 0.0887. The van der Waals surface area contributed by atoms with E-state index in [1.807, 2.05) is 0 Å². The molecule has 1 aromatic rings. The number of methoxy groups -OCH3 is 4. The molecule has 23 heavy (non-hydrogen) atoms. The summed E-state index contributed by atoms with van der Waals surface area (Å²) in [7, 11) is 5.61. The third kappa shape index (κ3) is 3.24. The van der Waals surface area contributed by atoms with Crippen molar-refractivity contribution < 1.29 is 33.3 Å². The minimum Gasteiger partial charge on any atom is -0.493 e. The lowest BCUT2D eigenvalue weighted by Crippen LogP contribution is -2.31. The summed E-state index contributed by atoms with van der Waals surface area (Å²) in [6.07, 6.45) is -0.619. The first-order valence-electron chi connectivity index (χ1n) is 7.06. The van der Waals surface area contributed by atoms with Gasteiger partial charge in [0.1, 0.15) is 5.92 Å². The van der Waals surface area contributed by atoms with Crippen molar-refractivity contribution in [1.82, 2.24) is 0 Å². The van der Waals surface area contributed by atoms with E-state index in [0.717, 1.165) is 0 Å². The van der Waals surface area contributed by atoms with E-state index >= 15 is 0 Å². The molecule has 0 unspecified atom stereocenters. The highest BCUT2D eigenvalue weighted by Gasteiger charge is 2.48. The average molecular weight is 324 g/mol. The third-order valence-corrected chi connectivity index (χ3v) is 3.93. The maximum absolute atomic E-state index is 12.1. The number of esters is 2. The summed E-state index contributed by atoms with van der Waals surface area (Å²) in [5.41, 5.74) is 0.699. The van der Waals surface area contributed by atoms with Crippen LogP contribution in [0.4, 0.5) is 0 Å². The van der Waals surface area contributed by atoms with Crippen LogP contribution in [0, 0.1) is 11.8 Å². The van der Waals surface area contributed by atoms with Crippen LogP contribution in [0.1, 0.15) is 11.7 Å². The highest BCUT2D eigenvalue weighted by molar-refractivity contribution is 5.83. The largest absolute Gasteiger partial charge is 0.493 e. The molecule has 0 radical (unpaired) electrons. The maximum atomic E-state index is 12.1. The van der Waals surface area contributed by atoms with Gasteiger partial charge in [-0.2, -0.15) is 0 Å². The summed E-state index contributed by atoms with van der Waals surface area (Å²) in [4.78, 5) is 24.0. The van der Waals surface area contributed by atoms with Crippen molar-refractivity contribution in [2.24, 2.45) is 11.8 Å². The molecule has 126 valence electrons. The molecule has 1 saturated heterocycles. The number of carbonyl (C=O) groups is 2. The van der Waals surface area contributed by atoms with E-state index in [-0.39, 0.29) is 6.61 Å². The predicted molar refractivity (Wildman–Crippen MR) is 79.3 cm³/mol. The first kappa shape index (κ1) is 17.1. The van der Waals surface area contributed by atoms with E-state index in [0.29, 0.717) is 17.1 Å². The van der Waals surface area contributed by atoms with Crippen LogP contribution < -0.4 is 9.47 Å². The number of ether oxygens (including phenoxy) is 5. The normalized spacial score (nSPS) is 23.2. The van der Waals surface area contributed by atoms with E-state index in [2.05, 4.69) is 0 Å². The molecule has 0 spiro atoms. The fourth-order valence-electron chi connectivity index (χ4n) is 2.75. The number of carbonyl (C=O) groups excluding carboxylic acids is 2. The van der Waals surface area contributed by atoms with Crippen LogP contribution in [-0.4, -0.2) is 47.0 Å². The van der Waals surface area contributed by atoms with Crippen LogP contribution in [0.25, 0.3) is 0 Å². The summed E-state index contributed by atoms with van der Waals surface area (Å²) < 4.78 is 25.7. The predicted octanol–water partition coefficient (Wildman–Crippen LogP) is 1.35. The Balaban J connectivity index is 2.37.